The SMILES string of the molecule is CCOC(=O)C1CCCN(Cc2ccc(F)cc2F)C1. The van der Waals surface area contributed by atoms with Gasteiger partial charge in [0.05, 0.1) is 12.5 Å². The van der Waals surface area contributed by atoms with Crippen LogP contribution in [0.3, 0.4) is 0 Å². The van der Waals surface area contributed by atoms with Crippen molar-refractivity contribution in [2.75, 3.05) is 19.7 Å². The van der Waals surface area contributed by atoms with Gasteiger partial charge < -0.3 is 4.74 Å². The third-order valence-electron chi connectivity index (χ3n) is 3.53. The summed E-state index contributed by atoms with van der Waals surface area (Å²) < 4.78 is 31.5. The van der Waals surface area contributed by atoms with E-state index in [-0.39, 0.29) is 11.9 Å². The van der Waals surface area contributed by atoms with E-state index in [0.717, 1.165) is 25.5 Å². The van der Waals surface area contributed by atoms with Gasteiger partial charge in [-0.2, -0.15) is 0 Å². The molecule has 1 saturated heterocycles. The van der Waals surface area contributed by atoms with E-state index in [0.29, 0.717) is 25.3 Å². The number of ether oxygens (including phenoxy) is 1. The standard InChI is InChI=1S/C15H19F2NO2/c1-2-20-15(19)12-4-3-7-18(10-12)9-11-5-6-13(16)8-14(11)17/h5-6,8,12H,2-4,7,9-10H2,1H3. The average Bonchev–Trinajstić information content (AvgIpc) is 2.43. The largest absolute Gasteiger partial charge is 0.466 e. The molecular weight excluding hydrogens is 264 g/mol. The third kappa shape index (κ3) is 3.76. The second-order valence-corrected chi connectivity index (χ2v) is 5.06. The lowest BCUT2D eigenvalue weighted by Gasteiger charge is -2.31. The Morgan fingerprint density at radius 1 is 1.45 bits per heavy atom. The normalized spacial score (nSPS) is 19.9. The maximum absolute atomic E-state index is 13.6. The molecule has 1 unspecified atom stereocenters. The Morgan fingerprint density at radius 2 is 2.25 bits per heavy atom. The molecule has 0 spiro atoms. The second kappa shape index (κ2) is 6.79. The molecule has 2 rings (SSSR count). The van der Waals surface area contributed by atoms with E-state index < -0.39 is 11.6 Å². The Kier molecular flexibility index (Phi) is 5.06. The Morgan fingerprint density at radius 3 is 2.95 bits per heavy atom. The van der Waals surface area contributed by atoms with Gasteiger partial charge in [0.15, 0.2) is 0 Å². The molecule has 1 aromatic rings. The number of rotatable bonds is 4. The molecule has 20 heavy (non-hydrogen) atoms. The van der Waals surface area contributed by atoms with E-state index in [1.54, 1.807) is 6.92 Å². The summed E-state index contributed by atoms with van der Waals surface area (Å²) in [4.78, 5) is 13.8. The molecular formula is C15H19F2NO2. The zero-order valence-electron chi connectivity index (χ0n) is 11.6. The fraction of sp³-hybridized carbons (Fsp3) is 0.533. The lowest BCUT2D eigenvalue weighted by Crippen LogP contribution is -2.39. The van der Waals surface area contributed by atoms with Crippen molar-refractivity contribution in [3.8, 4) is 0 Å². The molecule has 1 atom stereocenters. The molecule has 1 aliphatic heterocycles. The van der Waals surface area contributed by atoms with Gasteiger partial charge in [0.2, 0.25) is 0 Å². The van der Waals surface area contributed by atoms with Crippen molar-refractivity contribution in [2.45, 2.75) is 26.3 Å². The molecule has 0 N–H and O–H groups in total. The molecule has 0 saturated carbocycles. The molecule has 1 aliphatic rings. The van der Waals surface area contributed by atoms with Crippen molar-refractivity contribution in [2.24, 2.45) is 5.92 Å². The first kappa shape index (κ1) is 14.9. The zero-order valence-corrected chi connectivity index (χ0v) is 11.6. The quantitative estimate of drug-likeness (QED) is 0.796. The zero-order chi connectivity index (χ0) is 14.5. The topological polar surface area (TPSA) is 29.5 Å². The van der Waals surface area contributed by atoms with Crippen molar-refractivity contribution in [1.29, 1.82) is 0 Å². The van der Waals surface area contributed by atoms with E-state index in [4.69, 9.17) is 4.74 Å². The van der Waals surface area contributed by atoms with E-state index in [9.17, 15) is 13.6 Å². The molecule has 0 aliphatic carbocycles. The predicted molar refractivity (Wildman–Crippen MR) is 71.0 cm³/mol. The van der Waals surface area contributed by atoms with Crippen LogP contribution in [0.1, 0.15) is 25.3 Å². The predicted octanol–water partition coefficient (Wildman–Crippen LogP) is 2.74. The molecule has 1 fully saturated rings. The summed E-state index contributed by atoms with van der Waals surface area (Å²) >= 11 is 0. The third-order valence-corrected chi connectivity index (χ3v) is 3.53. The van der Waals surface area contributed by atoms with Gasteiger partial charge in [0.1, 0.15) is 11.6 Å². The minimum absolute atomic E-state index is 0.146. The van der Waals surface area contributed by atoms with Crippen molar-refractivity contribution in [1.82, 2.24) is 4.90 Å². The molecule has 0 bridgehead atoms. The van der Waals surface area contributed by atoms with E-state index in [1.807, 2.05) is 4.90 Å². The Balaban J connectivity index is 1.97. The highest BCUT2D eigenvalue weighted by Crippen LogP contribution is 2.21. The van der Waals surface area contributed by atoms with Crippen LogP contribution in [0.15, 0.2) is 18.2 Å². The number of nitrogens with zero attached hydrogens (tertiary/aromatic N) is 1. The Labute approximate surface area is 117 Å². The molecule has 1 heterocycles. The van der Waals surface area contributed by atoms with Gasteiger partial charge in [0.25, 0.3) is 0 Å². The molecule has 0 aromatic heterocycles. The van der Waals surface area contributed by atoms with Gasteiger partial charge >= 0.3 is 5.97 Å². The van der Waals surface area contributed by atoms with E-state index in [2.05, 4.69) is 0 Å². The summed E-state index contributed by atoms with van der Waals surface area (Å²) in [6.07, 6.45) is 1.69. The lowest BCUT2D eigenvalue weighted by atomic mass is 9.97. The van der Waals surface area contributed by atoms with Crippen LogP contribution in [0.25, 0.3) is 0 Å². The maximum Gasteiger partial charge on any atom is 0.310 e. The van der Waals surface area contributed by atoms with Crippen LogP contribution in [0.4, 0.5) is 8.78 Å². The summed E-state index contributed by atoms with van der Waals surface area (Å²) in [5, 5.41) is 0. The summed E-state index contributed by atoms with van der Waals surface area (Å²) in [6, 6.07) is 3.60. The van der Waals surface area contributed by atoms with Gasteiger partial charge in [-0.15, -0.1) is 0 Å². The van der Waals surface area contributed by atoms with Crippen LogP contribution in [-0.4, -0.2) is 30.6 Å². The molecule has 3 nitrogen and oxygen atoms in total. The number of benzene rings is 1. The van der Waals surface area contributed by atoms with Crippen LogP contribution >= 0.6 is 0 Å². The molecule has 5 heteroatoms. The summed E-state index contributed by atoms with van der Waals surface area (Å²) in [6.45, 7) is 3.93. The summed E-state index contributed by atoms with van der Waals surface area (Å²) in [5.41, 5.74) is 0.455. The number of hydrogen-bond acceptors (Lipinski definition) is 3. The molecule has 1 aromatic carbocycles. The molecule has 0 amide bonds. The monoisotopic (exact) mass is 283 g/mol. The van der Waals surface area contributed by atoms with Gasteiger partial charge in [-0.1, -0.05) is 6.07 Å². The number of carbonyl (C=O) groups excluding carboxylic acids is 1. The van der Waals surface area contributed by atoms with Crippen molar-refractivity contribution in [3.05, 3.63) is 35.4 Å². The maximum atomic E-state index is 13.6. The first-order valence-electron chi connectivity index (χ1n) is 6.93. The fourth-order valence-corrected chi connectivity index (χ4v) is 2.54. The number of halogens is 2. The van der Waals surface area contributed by atoms with Gasteiger partial charge in [0, 0.05) is 24.7 Å². The van der Waals surface area contributed by atoms with Crippen LogP contribution in [0.5, 0.6) is 0 Å². The number of carbonyl (C=O) groups is 1. The fourth-order valence-electron chi connectivity index (χ4n) is 2.54. The van der Waals surface area contributed by atoms with Crippen molar-refractivity contribution in [3.63, 3.8) is 0 Å². The number of esters is 1. The number of likely N-dealkylation sites (tertiary alicyclic amines) is 1. The number of hydrogen-bond donors (Lipinski definition) is 0. The highest BCUT2D eigenvalue weighted by Gasteiger charge is 2.27. The Bertz CT molecular complexity index is 479. The van der Waals surface area contributed by atoms with Crippen molar-refractivity contribution < 1.29 is 18.3 Å². The lowest BCUT2D eigenvalue weighted by molar-refractivity contribution is -0.150. The minimum Gasteiger partial charge on any atom is -0.466 e. The molecule has 110 valence electrons. The average molecular weight is 283 g/mol. The highest BCUT2D eigenvalue weighted by molar-refractivity contribution is 5.72. The van der Waals surface area contributed by atoms with Crippen LogP contribution < -0.4 is 0 Å². The summed E-state index contributed by atoms with van der Waals surface area (Å²) in [5.74, 6) is -1.44. The van der Waals surface area contributed by atoms with Crippen molar-refractivity contribution >= 4 is 5.97 Å². The van der Waals surface area contributed by atoms with Crippen LogP contribution in [-0.2, 0) is 16.1 Å². The van der Waals surface area contributed by atoms with Gasteiger partial charge in [-0.3, -0.25) is 9.69 Å². The first-order chi connectivity index (χ1) is 9.60. The second-order valence-electron chi connectivity index (χ2n) is 5.06. The number of piperidine rings is 1. The van der Waals surface area contributed by atoms with Gasteiger partial charge in [-0.25, -0.2) is 8.78 Å². The highest BCUT2D eigenvalue weighted by atomic mass is 19.1. The smallest absolute Gasteiger partial charge is 0.310 e. The first-order valence-corrected chi connectivity index (χ1v) is 6.93. The van der Waals surface area contributed by atoms with Gasteiger partial charge in [-0.05, 0) is 32.4 Å². The molecule has 0 radical (unpaired) electrons. The summed E-state index contributed by atoms with van der Waals surface area (Å²) in [7, 11) is 0. The van der Waals surface area contributed by atoms with Crippen LogP contribution in [0.2, 0.25) is 0 Å². The van der Waals surface area contributed by atoms with Crippen LogP contribution in [0, 0.1) is 17.6 Å². The Hall–Kier alpha value is -1.49. The minimum atomic E-state index is -0.575. The van der Waals surface area contributed by atoms with E-state index in [1.165, 1.54) is 12.1 Å². The van der Waals surface area contributed by atoms with E-state index >= 15 is 0 Å².